The lowest BCUT2D eigenvalue weighted by molar-refractivity contribution is 0.266. The smallest absolute Gasteiger partial charge is 0.161 e. The SMILES string of the molecule is CCOc1ccccc1OCc1cc(CN)ccc1F. The van der Waals surface area contributed by atoms with Gasteiger partial charge in [0.1, 0.15) is 12.4 Å². The Labute approximate surface area is 118 Å². The van der Waals surface area contributed by atoms with Gasteiger partial charge in [-0.25, -0.2) is 4.39 Å². The maximum absolute atomic E-state index is 13.7. The number of rotatable bonds is 6. The molecule has 20 heavy (non-hydrogen) atoms. The fourth-order valence-corrected chi connectivity index (χ4v) is 1.87. The van der Waals surface area contributed by atoms with E-state index in [-0.39, 0.29) is 12.4 Å². The van der Waals surface area contributed by atoms with Gasteiger partial charge in [0.15, 0.2) is 11.5 Å². The molecule has 2 rings (SSSR count). The summed E-state index contributed by atoms with van der Waals surface area (Å²) in [6.45, 7) is 2.98. The van der Waals surface area contributed by atoms with Crippen molar-refractivity contribution in [1.29, 1.82) is 0 Å². The molecule has 0 aliphatic heterocycles. The third-order valence-electron chi connectivity index (χ3n) is 2.88. The molecule has 0 spiro atoms. The summed E-state index contributed by atoms with van der Waals surface area (Å²) in [4.78, 5) is 0. The van der Waals surface area contributed by atoms with Crippen LogP contribution in [-0.4, -0.2) is 6.61 Å². The molecule has 3 nitrogen and oxygen atoms in total. The third kappa shape index (κ3) is 3.48. The summed E-state index contributed by atoms with van der Waals surface area (Å²) in [5.74, 6) is 0.966. The Hall–Kier alpha value is -2.07. The molecule has 0 heterocycles. The third-order valence-corrected chi connectivity index (χ3v) is 2.88. The van der Waals surface area contributed by atoms with E-state index in [4.69, 9.17) is 15.2 Å². The Morgan fingerprint density at radius 1 is 1.05 bits per heavy atom. The van der Waals surface area contributed by atoms with E-state index in [0.717, 1.165) is 5.56 Å². The van der Waals surface area contributed by atoms with Crippen LogP contribution in [0, 0.1) is 5.82 Å². The number of hydrogen-bond acceptors (Lipinski definition) is 3. The van der Waals surface area contributed by atoms with Gasteiger partial charge in [-0.3, -0.25) is 0 Å². The average Bonchev–Trinajstić information content (AvgIpc) is 2.48. The van der Waals surface area contributed by atoms with Crippen molar-refractivity contribution in [2.75, 3.05) is 6.61 Å². The summed E-state index contributed by atoms with van der Waals surface area (Å²) < 4.78 is 24.8. The first-order valence-electron chi connectivity index (χ1n) is 6.56. The summed E-state index contributed by atoms with van der Waals surface area (Å²) in [5, 5.41) is 0. The number of nitrogens with two attached hydrogens (primary N) is 1. The van der Waals surface area contributed by atoms with Crippen LogP contribution in [0.15, 0.2) is 42.5 Å². The zero-order chi connectivity index (χ0) is 14.4. The molecule has 2 aromatic rings. The van der Waals surface area contributed by atoms with E-state index in [1.807, 2.05) is 25.1 Å². The van der Waals surface area contributed by atoms with Crippen molar-refractivity contribution in [2.24, 2.45) is 5.73 Å². The maximum atomic E-state index is 13.7. The van der Waals surface area contributed by atoms with Crippen LogP contribution in [0.5, 0.6) is 11.5 Å². The molecule has 0 saturated heterocycles. The molecule has 0 saturated carbocycles. The van der Waals surface area contributed by atoms with Crippen molar-refractivity contribution in [3.05, 3.63) is 59.4 Å². The number of halogens is 1. The van der Waals surface area contributed by atoms with Gasteiger partial charge in [0.25, 0.3) is 0 Å². The van der Waals surface area contributed by atoms with Crippen LogP contribution in [-0.2, 0) is 13.2 Å². The Bertz CT molecular complexity index is 572. The summed E-state index contributed by atoms with van der Waals surface area (Å²) in [5.41, 5.74) is 6.92. The van der Waals surface area contributed by atoms with Gasteiger partial charge in [-0.15, -0.1) is 0 Å². The zero-order valence-corrected chi connectivity index (χ0v) is 11.4. The van der Waals surface area contributed by atoms with Crippen molar-refractivity contribution < 1.29 is 13.9 Å². The molecule has 106 valence electrons. The lowest BCUT2D eigenvalue weighted by atomic mass is 10.1. The second-order valence-electron chi connectivity index (χ2n) is 4.30. The van der Waals surface area contributed by atoms with E-state index >= 15 is 0 Å². The van der Waals surface area contributed by atoms with Crippen LogP contribution in [0.1, 0.15) is 18.1 Å². The number of hydrogen-bond donors (Lipinski definition) is 1. The van der Waals surface area contributed by atoms with E-state index in [0.29, 0.717) is 30.2 Å². The quantitative estimate of drug-likeness (QED) is 0.880. The molecule has 0 unspecified atom stereocenters. The molecule has 0 bridgehead atoms. The van der Waals surface area contributed by atoms with Gasteiger partial charge in [0.2, 0.25) is 0 Å². The summed E-state index contributed by atoms with van der Waals surface area (Å²) in [6.07, 6.45) is 0. The second kappa shape index (κ2) is 6.91. The van der Waals surface area contributed by atoms with Crippen molar-refractivity contribution in [1.82, 2.24) is 0 Å². The minimum atomic E-state index is -0.295. The summed E-state index contributed by atoms with van der Waals surface area (Å²) >= 11 is 0. The van der Waals surface area contributed by atoms with E-state index in [1.54, 1.807) is 18.2 Å². The van der Waals surface area contributed by atoms with Crippen LogP contribution in [0.3, 0.4) is 0 Å². The lowest BCUT2D eigenvalue weighted by Crippen LogP contribution is -2.03. The average molecular weight is 275 g/mol. The number of ether oxygens (including phenoxy) is 2. The van der Waals surface area contributed by atoms with Crippen LogP contribution in [0.4, 0.5) is 4.39 Å². The Kier molecular flexibility index (Phi) is 4.96. The highest BCUT2D eigenvalue weighted by Crippen LogP contribution is 2.27. The normalized spacial score (nSPS) is 10.3. The summed E-state index contributed by atoms with van der Waals surface area (Å²) in [6, 6.07) is 12.2. The van der Waals surface area contributed by atoms with Gasteiger partial charge in [-0.2, -0.15) is 0 Å². The van der Waals surface area contributed by atoms with E-state index in [2.05, 4.69) is 0 Å². The highest BCUT2D eigenvalue weighted by molar-refractivity contribution is 5.39. The molecule has 0 aromatic heterocycles. The standard InChI is InChI=1S/C16H18FNO2/c1-2-19-15-5-3-4-6-16(15)20-11-13-9-12(10-18)7-8-14(13)17/h3-9H,2,10-11,18H2,1H3. The highest BCUT2D eigenvalue weighted by Gasteiger charge is 2.07. The molecule has 4 heteroatoms. The topological polar surface area (TPSA) is 44.5 Å². The first-order valence-corrected chi connectivity index (χ1v) is 6.56. The van der Waals surface area contributed by atoms with Crippen LogP contribution in [0.2, 0.25) is 0 Å². The molecule has 0 fully saturated rings. The molecule has 0 atom stereocenters. The van der Waals surface area contributed by atoms with Crippen LogP contribution < -0.4 is 15.2 Å². The molecule has 2 aromatic carbocycles. The predicted molar refractivity (Wildman–Crippen MR) is 76.2 cm³/mol. The van der Waals surface area contributed by atoms with E-state index in [9.17, 15) is 4.39 Å². The molecule has 0 amide bonds. The molecule has 0 radical (unpaired) electrons. The molecular weight excluding hydrogens is 257 g/mol. The van der Waals surface area contributed by atoms with Gasteiger partial charge in [-0.1, -0.05) is 18.2 Å². The van der Waals surface area contributed by atoms with Crippen molar-refractivity contribution in [3.8, 4) is 11.5 Å². The fourth-order valence-electron chi connectivity index (χ4n) is 1.87. The van der Waals surface area contributed by atoms with Crippen molar-refractivity contribution in [2.45, 2.75) is 20.1 Å². The minimum Gasteiger partial charge on any atom is -0.490 e. The highest BCUT2D eigenvalue weighted by atomic mass is 19.1. The van der Waals surface area contributed by atoms with Gasteiger partial charge < -0.3 is 15.2 Å². The molecule has 2 N–H and O–H groups in total. The van der Waals surface area contributed by atoms with Crippen molar-refractivity contribution >= 4 is 0 Å². The van der Waals surface area contributed by atoms with Gasteiger partial charge in [-0.05, 0) is 36.8 Å². The first-order chi connectivity index (χ1) is 9.74. The zero-order valence-electron chi connectivity index (χ0n) is 11.4. The first kappa shape index (κ1) is 14.3. The van der Waals surface area contributed by atoms with E-state index < -0.39 is 0 Å². The predicted octanol–water partition coefficient (Wildman–Crippen LogP) is 3.26. The van der Waals surface area contributed by atoms with Gasteiger partial charge in [0, 0.05) is 12.1 Å². The van der Waals surface area contributed by atoms with Crippen molar-refractivity contribution in [3.63, 3.8) is 0 Å². The van der Waals surface area contributed by atoms with Crippen LogP contribution in [0.25, 0.3) is 0 Å². The van der Waals surface area contributed by atoms with E-state index in [1.165, 1.54) is 6.07 Å². The number of benzene rings is 2. The minimum absolute atomic E-state index is 0.143. The largest absolute Gasteiger partial charge is 0.490 e. The maximum Gasteiger partial charge on any atom is 0.161 e. The lowest BCUT2D eigenvalue weighted by Gasteiger charge is -2.12. The Morgan fingerprint density at radius 3 is 2.40 bits per heavy atom. The Balaban J connectivity index is 2.12. The second-order valence-corrected chi connectivity index (χ2v) is 4.30. The van der Waals surface area contributed by atoms with Crippen LogP contribution >= 0.6 is 0 Å². The summed E-state index contributed by atoms with van der Waals surface area (Å²) in [7, 11) is 0. The molecule has 0 aliphatic carbocycles. The molecule has 0 aliphatic rings. The fraction of sp³-hybridized carbons (Fsp3) is 0.250. The number of para-hydroxylation sites is 2. The Morgan fingerprint density at radius 2 is 1.75 bits per heavy atom. The van der Waals surface area contributed by atoms with Gasteiger partial charge >= 0.3 is 0 Å². The van der Waals surface area contributed by atoms with Gasteiger partial charge in [0.05, 0.1) is 6.61 Å². The monoisotopic (exact) mass is 275 g/mol. The molecular formula is C16H18FNO2.